The van der Waals surface area contributed by atoms with Crippen molar-refractivity contribution in [1.82, 2.24) is 4.90 Å². The van der Waals surface area contributed by atoms with Crippen molar-refractivity contribution in [2.24, 2.45) is 11.8 Å². The first-order chi connectivity index (χ1) is 8.73. The number of carbonyl (C=O) groups excluding carboxylic acids is 2. The van der Waals surface area contributed by atoms with Crippen molar-refractivity contribution in [2.75, 3.05) is 14.1 Å². The molecule has 0 bridgehead atoms. The Morgan fingerprint density at radius 1 is 1.05 bits per heavy atom. The molecule has 0 aromatic heterocycles. The van der Waals surface area contributed by atoms with Crippen molar-refractivity contribution in [1.29, 1.82) is 0 Å². The van der Waals surface area contributed by atoms with Gasteiger partial charge in [-0.2, -0.15) is 0 Å². The highest BCUT2D eigenvalue weighted by molar-refractivity contribution is 5.75. The summed E-state index contributed by atoms with van der Waals surface area (Å²) >= 11 is 0. The number of nitrogens with zero attached hydrogens (tertiary/aromatic N) is 1. The van der Waals surface area contributed by atoms with Gasteiger partial charge in [0.1, 0.15) is 6.10 Å². The summed E-state index contributed by atoms with van der Waals surface area (Å²) in [6, 6.07) is 0. The second kappa shape index (κ2) is 8.94. The van der Waals surface area contributed by atoms with Crippen LogP contribution in [0.1, 0.15) is 53.4 Å². The molecule has 3 atom stereocenters. The maximum atomic E-state index is 11.5. The summed E-state index contributed by atoms with van der Waals surface area (Å²) in [7, 11) is 3.58. The lowest BCUT2D eigenvalue weighted by atomic mass is 9.92. The summed E-state index contributed by atoms with van der Waals surface area (Å²) in [5.74, 6) is 0.851. The van der Waals surface area contributed by atoms with Crippen molar-refractivity contribution in [3.63, 3.8) is 0 Å². The highest BCUT2D eigenvalue weighted by atomic mass is 16.5. The molecule has 0 N–H and O–H groups in total. The van der Waals surface area contributed by atoms with Crippen molar-refractivity contribution >= 4 is 11.9 Å². The molecule has 0 aromatic carbocycles. The lowest BCUT2D eigenvalue weighted by molar-refractivity contribution is -0.147. The van der Waals surface area contributed by atoms with E-state index >= 15 is 0 Å². The van der Waals surface area contributed by atoms with Gasteiger partial charge in [0, 0.05) is 27.4 Å². The monoisotopic (exact) mass is 271 g/mol. The number of amides is 1. The van der Waals surface area contributed by atoms with Gasteiger partial charge in [-0.25, -0.2) is 0 Å². The van der Waals surface area contributed by atoms with E-state index in [0.717, 1.165) is 19.3 Å². The fraction of sp³-hybridized carbons (Fsp3) is 0.867. The Kier molecular flexibility index (Phi) is 8.44. The largest absolute Gasteiger partial charge is 0.463 e. The van der Waals surface area contributed by atoms with Crippen LogP contribution >= 0.6 is 0 Å². The van der Waals surface area contributed by atoms with E-state index in [4.69, 9.17) is 4.74 Å². The zero-order valence-electron chi connectivity index (χ0n) is 13.2. The van der Waals surface area contributed by atoms with Crippen molar-refractivity contribution < 1.29 is 14.3 Å². The number of hydrogen-bond donors (Lipinski definition) is 0. The molecule has 112 valence electrons. The minimum absolute atomic E-state index is 0.0342. The molecule has 0 spiro atoms. The van der Waals surface area contributed by atoms with Crippen LogP contribution in [0.15, 0.2) is 0 Å². The molecule has 0 aromatic rings. The fourth-order valence-electron chi connectivity index (χ4n) is 1.90. The third-order valence-electron chi connectivity index (χ3n) is 3.62. The van der Waals surface area contributed by atoms with Crippen molar-refractivity contribution in [3.8, 4) is 0 Å². The summed E-state index contributed by atoms with van der Waals surface area (Å²) in [5, 5.41) is 0. The van der Waals surface area contributed by atoms with Crippen LogP contribution in [0.2, 0.25) is 0 Å². The first-order valence-electron chi connectivity index (χ1n) is 7.11. The van der Waals surface area contributed by atoms with Gasteiger partial charge in [-0.3, -0.25) is 9.59 Å². The van der Waals surface area contributed by atoms with Crippen LogP contribution in [0.25, 0.3) is 0 Å². The highest BCUT2D eigenvalue weighted by Gasteiger charge is 2.16. The van der Waals surface area contributed by atoms with Gasteiger partial charge < -0.3 is 9.64 Å². The van der Waals surface area contributed by atoms with E-state index in [2.05, 4.69) is 13.8 Å². The zero-order chi connectivity index (χ0) is 15.0. The molecule has 0 rings (SSSR count). The molecule has 0 aliphatic heterocycles. The van der Waals surface area contributed by atoms with Crippen LogP contribution in [0.4, 0.5) is 0 Å². The van der Waals surface area contributed by atoms with Gasteiger partial charge in [0.15, 0.2) is 0 Å². The molecule has 0 saturated heterocycles. The Bertz CT molecular complexity index is 289. The van der Waals surface area contributed by atoms with E-state index in [1.807, 2.05) is 6.92 Å². The summed E-state index contributed by atoms with van der Waals surface area (Å²) in [6.45, 7) is 7.66. The molecule has 0 saturated carbocycles. The van der Waals surface area contributed by atoms with E-state index < -0.39 is 0 Å². The zero-order valence-corrected chi connectivity index (χ0v) is 13.2. The standard InChI is InChI=1S/C15H29NO3/c1-11(8-10-15(18)16(5)6)7-9-12(2)13(3)19-14(4)17/h11-13H,7-10H2,1-6H3. The van der Waals surface area contributed by atoms with E-state index in [1.165, 1.54) is 6.92 Å². The molecule has 0 heterocycles. The van der Waals surface area contributed by atoms with E-state index in [0.29, 0.717) is 18.3 Å². The number of rotatable bonds is 8. The molecule has 4 heteroatoms. The van der Waals surface area contributed by atoms with Crippen molar-refractivity contribution in [3.05, 3.63) is 0 Å². The van der Waals surface area contributed by atoms with Gasteiger partial charge in [-0.15, -0.1) is 0 Å². The van der Waals surface area contributed by atoms with E-state index in [-0.39, 0.29) is 18.0 Å². The Labute approximate surface area is 117 Å². The second-order valence-corrected chi connectivity index (χ2v) is 5.80. The number of carbonyl (C=O) groups is 2. The fourth-order valence-corrected chi connectivity index (χ4v) is 1.90. The quantitative estimate of drug-likeness (QED) is 0.638. The minimum atomic E-state index is -0.219. The number of hydrogen-bond acceptors (Lipinski definition) is 3. The molecule has 4 nitrogen and oxygen atoms in total. The molecule has 1 amide bonds. The molecule has 19 heavy (non-hydrogen) atoms. The lowest BCUT2D eigenvalue weighted by Gasteiger charge is -2.21. The van der Waals surface area contributed by atoms with Crippen LogP contribution in [0.5, 0.6) is 0 Å². The average molecular weight is 271 g/mol. The molecular weight excluding hydrogens is 242 g/mol. The Morgan fingerprint density at radius 3 is 2.11 bits per heavy atom. The van der Waals surface area contributed by atoms with Gasteiger partial charge in [-0.05, 0) is 31.6 Å². The Morgan fingerprint density at radius 2 is 1.63 bits per heavy atom. The number of ether oxygens (including phenoxy) is 1. The molecule has 0 aliphatic carbocycles. The van der Waals surface area contributed by atoms with Gasteiger partial charge in [0.25, 0.3) is 0 Å². The Hall–Kier alpha value is -1.06. The predicted molar refractivity (Wildman–Crippen MR) is 76.7 cm³/mol. The van der Waals surface area contributed by atoms with Crippen LogP contribution in [-0.2, 0) is 14.3 Å². The van der Waals surface area contributed by atoms with Gasteiger partial charge >= 0.3 is 5.97 Å². The maximum Gasteiger partial charge on any atom is 0.302 e. The summed E-state index contributed by atoms with van der Waals surface area (Å²) in [6.07, 6.45) is 3.58. The average Bonchev–Trinajstić information content (AvgIpc) is 2.31. The van der Waals surface area contributed by atoms with E-state index in [9.17, 15) is 9.59 Å². The SMILES string of the molecule is CC(=O)OC(C)C(C)CCC(C)CCC(=O)N(C)C. The predicted octanol–water partition coefficient (Wildman–Crippen LogP) is 2.86. The van der Waals surface area contributed by atoms with Crippen LogP contribution in [0.3, 0.4) is 0 Å². The van der Waals surface area contributed by atoms with Gasteiger partial charge in [-0.1, -0.05) is 20.3 Å². The first-order valence-corrected chi connectivity index (χ1v) is 7.11. The normalized spacial score (nSPS) is 15.5. The number of esters is 1. The highest BCUT2D eigenvalue weighted by Crippen LogP contribution is 2.20. The molecule has 3 unspecified atom stereocenters. The summed E-state index contributed by atoms with van der Waals surface area (Å²) < 4.78 is 5.17. The first kappa shape index (κ1) is 17.9. The van der Waals surface area contributed by atoms with Crippen LogP contribution < -0.4 is 0 Å². The van der Waals surface area contributed by atoms with Crippen LogP contribution in [0, 0.1) is 11.8 Å². The lowest BCUT2D eigenvalue weighted by Crippen LogP contribution is -2.22. The van der Waals surface area contributed by atoms with Gasteiger partial charge in [0.2, 0.25) is 5.91 Å². The van der Waals surface area contributed by atoms with Crippen molar-refractivity contribution in [2.45, 2.75) is 59.5 Å². The van der Waals surface area contributed by atoms with Crippen LogP contribution in [-0.4, -0.2) is 37.0 Å². The minimum Gasteiger partial charge on any atom is -0.463 e. The summed E-state index contributed by atoms with van der Waals surface area (Å²) in [5.41, 5.74) is 0. The third-order valence-corrected chi connectivity index (χ3v) is 3.62. The second-order valence-electron chi connectivity index (χ2n) is 5.80. The smallest absolute Gasteiger partial charge is 0.302 e. The topological polar surface area (TPSA) is 46.6 Å². The maximum absolute atomic E-state index is 11.5. The summed E-state index contributed by atoms with van der Waals surface area (Å²) in [4.78, 5) is 24.0. The molecule has 0 aliphatic rings. The Balaban J connectivity index is 3.86. The molecule has 0 radical (unpaired) electrons. The molecule has 0 fully saturated rings. The molecular formula is C15H29NO3. The third kappa shape index (κ3) is 8.62. The van der Waals surface area contributed by atoms with E-state index in [1.54, 1.807) is 19.0 Å². The van der Waals surface area contributed by atoms with Gasteiger partial charge in [0.05, 0.1) is 0 Å².